The molecule has 66 valence electrons. The molecule has 1 aromatic rings. The summed E-state index contributed by atoms with van der Waals surface area (Å²) in [6.07, 6.45) is 1.51. The first kappa shape index (κ1) is 9.21. The molecule has 0 bridgehead atoms. The minimum Gasteiger partial charge on any atom is -0.329 e. The average molecular weight is 186 g/mol. The summed E-state index contributed by atoms with van der Waals surface area (Å²) in [5.74, 6) is 0. The van der Waals surface area contributed by atoms with Gasteiger partial charge in [0.25, 0.3) is 0 Å². The van der Waals surface area contributed by atoms with Crippen LogP contribution in [-0.2, 0) is 0 Å². The lowest BCUT2D eigenvalue weighted by atomic mass is 10.5. The quantitative estimate of drug-likeness (QED) is 0.628. The van der Waals surface area contributed by atoms with E-state index in [0.29, 0.717) is 11.6 Å². The van der Waals surface area contributed by atoms with E-state index >= 15 is 0 Å². The molecule has 1 rings (SSSR count). The lowest BCUT2D eigenvalue weighted by Gasteiger charge is -2.04. The van der Waals surface area contributed by atoms with Gasteiger partial charge < -0.3 is 5.73 Å². The topological polar surface area (TPSA) is 84.7 Å². The lowest BCUT2D eigenvalue weighted by Crippen LogP contribution is -2.16. The first-order chi connectivity index (χ1) is 5.72. The number of rotatable bonds is 3. The molecule has 0 saturated heterocycles. The number of aromatic nitrogens is 3. The van der Waals surface area contributed by atoms with Gasteiger partial charge in [0, 0.05) is 11.8 Å². The molecule has 3 N–H and O–H groups in total. The van der Waals surface area contributed by atoms with Crippen LogP contribution in [0.2, 0.25) is 0 Å². The molecule has 1 aromatic heterocycles. The van der Waals surface area contributed by atoms with E-state index in [1.54, 1.807) is 0 Å². The van der Waals surface area contributed by atoms with Crippen LogP contribution in [-0.4, -0.2) is 27.0 Å². The molecular weight excluding hydrogens is 176 g/mol. The Bertz CT molecular complexity index is 300. The summed E-state index contributed by atoms with van der Waals surface area (Å²) in [6, 6.07) is 0. The number of aromatic amines is 1. The van der Waals surface area contributed by atoms with Gasteiger partial charge in [-0.25, -0.2) is 9.89 Å². The van der Waals surface area contributed by atoms with Gasteiger partial charge >= 0.3 is 5.69 Å². The molecule has 0 saturated carbocycles. The van der Waals surface area contributed by atoms with Crippen molar-refractivity contribution in [1.82, 2.24) is 15.2 Å². The summed E-state index contributed by atoms with van der Waals surface area (Å²) < 4.78 is 0. The second-order valence-corrected chi connectivity index (χ2v) is 3.75. The number of hydrogen-bond acceptors (Lipinski definition) is 5. The van der Waals surface area contributed by atoms with Crippen molar-refractivity contribution in [3.8, 4) is 0 Å². The second-order valence-electron chi connectivity index (χ2n) is 2.29. The molecular formula is C6H10N4OS. The van der Waals surface area contributed by atoms with Crippen LogP contribution in [0.3, 0.4) is 0 Å². The predicted octanol–water partition coefficient (Wildman–Crippen LogP) is -0.396. The Kier molecular flexibility index (Phi) is 3.24. The number of H-pyrrole nitrogens is 1. The number of nitrogens with zero attached hydrogens (tertiary/aromatic N) is 2. The Balaban J connectivity index is 2.69. The minimum absolute atomic E-state index is 0.251. The van der Waals surface area contributed by atoms with Gasteiger partial charge in [0.1, 0.15) is 5.03 Å². The van der Waals surface area contributed by atoms with Crippen LogP contribution in [0.25, 0.3) is 0 Å². The maximum atomic E-state index is 10.7. The summed E-state index contributed by atoms with van der Waals surface area (Å²) in [5, 5.41) is 6.67. The van der Waals surface area contributed by atoms with Crippen molar-refractivity contribution in [3.05, 3.63) is 16.7 Å². The van der Waals surface area contributed by atoms with Crippen LogP contribution in [0.5, 0.6) is 0 Å². The first-order valence-electron chi connectivity index (χ1n) is 3.51. The maximum absolute atomic E-state index is 10.7. The molecule has 1 heterocycles. The molecule has 0 aliphatic heterocycles. The van der Waals surface area contributed by atoms with Crippen LogP contribution in [0.1, 0.15) is 6.92 Å². The van der Waals surface area contributed by atoms with Gasteiger partial charge in [0.15, 0.2) is 0 Å². The largest absolute Gasteiger partial charge is 0.362 e. The van der Waals surface area contributed by atoms with E-state index in [0.717, 1.165) is 0 Å². The normalized spacial score (nSPS) is 12.8. The highest BCUT2D eigenvalue weighted by Gasteiger charge is 2.03. The third kappa shape index (κ3) is 2.63. The minimum atomic E-state index is -0.427. The van der Waals surface area contributed by atoms with Crippen molar-refractivity contribution in [2.24, 2.45) is 5.73 Å². The zero-order chi connectivity index (χ0) is 8.97. The van der Waals surface area contributed by atoms with E-state index in [1.165, 1.54) is 18.0 Å². The molecule has 0 aliphatic carbocycles. The van der Waals surface area contributed by atoms with Crippen molar-refractivity contribution in [2.75, 3.05) is 6.54 Å². The molecule has 5 nitrogen and oxygen atoms in total. The highest BCUT2D eigenvalue weighted by molar-refractivity contribution is 7.99. The monoisotopic (exact) mass is 186 g/mol. The van der Waals surface area contributed by atoms with Gasteiger partial charge in [-0.05, 0) is 0 Å². The van der Waals surface area contributed by atoms with Gasteiger partial charge in [-0.2, -0.15) is 10.1 Å². The van der Waals surface area contributed by atoms with Crippen LogP contribution < -0.4 is 11.4 Å². The summed E-state index contributed by atoms with van der Waals surface area (Å²) in [7, 11) is 0. The van der Waals surface area contributed by atoms with Crippen molar-refractivity contribution >= 4 is 11.8 Å². The molecule has 6 heteroatoms. The third-order valence-electron chi connectivity index (χ3n) is 1.20. The first-order valence-corrected chi connectivity index (χ1v) is 4.39. The van der Waals surface area contributed by atoms with Gasteiger partial charge in [-0.1, -0.05) is 6.92 Å². The number of hydrogen-bond donors (Lipinski definition) is 2. The Morgan fingerprint density at radius 2 is 2.58 bits per heavy atom. The summed E-state index contributed by atoms with van der Waals surface area (Å²) in [6.45, 7) is 2.52. The van der Waals surface area contributed by atoms with Gasteiger partial charge in [0.2, 0.25) is 0 Å². The maximum Gasteiger partial charge on any atom is 0.362 e. The zero-order valence-corrected chi connectivity index (χ0v) is 7.47. The molecule has 1 atom stereocenters. The lowest BCUT2D eigenvalue weighted by molar-refractivity contribution is 0.846. The van der Waals surface area contributed by atoms with Crippen molar-refractivity contribution in [2.45, 2.75) is 17.2 Å². The standard InChI is InChI=1S/C6H10N4OS/c1-4(2-7)12-5-3-8-10-6(11)9-5/h3-4H,2,7H2,1H3,(H,9,10,11). The highest BCUT2D eigenvalue weighted by Crippen LogP contribution is 2.17. The summed E-state index contributed by atoms with van der Waals surface area (Å²) in [5.41, 5.74) is 4.98. The smallest absolute Gasteiger partial charge is 0.329 e. The van der Waals surface area contributed by atoms with Crippen LogP contribution in [0.4, 0.5) is 0 Å². The second kappa shape index (κ2) is 4.22. The van der Waals surface area contributed by atoms with Gasteiger partial charge in [-0.15, -0.1) is 11.8 Å². The molecule has 12 heavy (non-hydrogen) atoms. The Hall–Kier alpha value is -0.880. The Morgan fingerprint density at radius 1 is 1.83 bits per heavy atom. The summed E-state index contributed by atoms with van der Waals surface area (Å²) in [4.78, 5) is 14.4. The molecule has 0 aromatic carbocycles. The van der Waals surface area contributed by atoms with Crippen molar-refractivity contribution in [3.63, 3.8) is 0 Å². The van der Waals surface area contributed by atoms with Crippen LogP contribution in [0, 0.1) is 0 Å². The molecule has 0 aliphatic rings. The van der Waals surface area contributed by atoms with E-state index < -0.39 is 5.69 Å². The number of nitrogens with two attached hydrogens (primary N) is 1. The van der Waals surface area contributed by atoms with Gasteiger partial charge in [-0.3, -0.25) is 0 Å². The van der Waals surface area contributed by atoms with E-state index in [1.807, 2.05) is 6.92 Å². The highest BCUT2D eigenvalue weighted by atomic mass is 32.2. The van der Waals surface area contributed by atoms with Gasteiger partial charge in [0.05, 0.1) is 6.20 Å². The fraction of sp³-hybridized carbons (Fsp3) is 0.500. The van der Waals surface area contributed by atoms with E-state index in [4.69, 9.17) is 5.73 Å². The van der Waals surface area contributed by atoms with E-state index in [2.05, 4.69) is 15.2 Å². The van der Waals surface area contributed by atoms with E-state index in [-0.39, 0.29) is 5.25 Å². The zero-order valence-electron chi connectivity index (χ0n) is 6.65. The Labute approximate surface area is 73.8 Å². The molecule has 0 fully saturated rings. The average Bonchev–Trinajstić information content (AvgIpc) is 2.04. The number of nitrogens with one attached hydrogen (secondary N) is 1. The molecule has 0 spiro atoms. The third-order valence-corrected chi connectivity index (χ3v) is 2.23. The predicted molar refractivity (Wildman–Crippen MR) is 47.0 cm³/mol. The van der Waals surface area contributed by atoms with Crippen LogP contribution in [0.15, 0.2) is 16.0 Å². The number of thioether (sulfide) groups is 1. The fourth-order valence-corrected chi connectivity index (χ4v) is 1.37. The van der Waals surface area contributed by atoms with Crippen molar-refractivity contribution in [1.29, 1.82) is 0 Å². The molecule has 0 radical (unpaired) electrons. The Morgan fingerprint density at radius 3 is 3.17 bits per heavy atom. The molecule has 0 amide bonds. The van der Waals surface area contributed by atoms with Crippen molar-refractivity contribution < 1.29 is 0 Å². The van der Waals surface area contributed by atoms with Crippen LogP contribution >= 0.6 is 11.8 Å². The SMILES string of the molecule is CC(CN)Sc1cn[nH]c(=O)n1. The fourth-order valence-electron chi connectivity index (χ4n) is 0.608. The molecule has 1 unspecified atom stereocenters. The van der Waals surface area contributed by atoms with E-state index in [9.17, 15) is 4.79 Å². The summed E-state index contributed by atoms with van der Waals surface area (Å²) >= 11 is 1.44.